The van der Waals surface area contributed by atoms with Gasteiger partial charge in [0.25, 0.3) is 0 Å². The molecule has 6 heteroatoms. The lowest BCUT2D eigenvalue weighted by Crippen LogP contribution is -2.25. The van der Waals surface area contributed by atoms with Crippen LogP contribution in [0, 0.1) is 12.8 Å². The van der Waals surface area contributed by atoms with Gasteiger partial charge in [0.05, 0.1) is 5.56 Å². The topological polar surface area (TPSA) is 42.0 Å². The molecule has 1 aromatic heterocycles. The van der Waals surface area contributed by atoms with Crippen molar-refractivity contribution >= 4 is 5.91 Å². The Morgan fingerprint density at radius 1 is 1.29 bits per heavy atom. The molecule has 0 aliphatic heterocycles. The van der Waals surface area contributed by atoms with E-state index in [1.54, 1.807) is 12.3 Å². The van der Waals surface area contributed by atoms with Crippen LogP contribution in [0.3, 0.4) is 0 Å². The van der Waals surface area contributed by atoms with Gasteiger partial charge in [-0.05, 0) is 42.5 Å². The van der Waals surface area contributed by atoms with Gasteiger partial charge in [0.2, 0.25) is 5.91 Å². The molecule has 0 radical (unpaired) electrons. The summed E-state index contributed by atoms with van der Waals surface area (Å²) >= 11 is 0. The highest BCUT2D eigenvalue weighted by Gasteiger charge is 2.44. The lowest BCUT2D eigenvalue weighted by molar-refractivity contribution is -0.137. The fourth-order valence-corrected chi connectivity index (χ4v) is 2.72. The van der Waals surface area contributed by atoms with E-state index in [1.807, 2.05) is 19.1 Å². The Bertz CT molecular complexity index is 741. The third-order valence-corrected chi connectivity index (χ3v) is 4.21. The van der Waals surface area contributed by atoms with Crippen molar-refractivity contribution in [3.05, 3.63) is 65.0 Å². The summed E-state index contributed by atoms with van der Waals surface area (Å²) in [6.07, 6.45) is -2.08. The molecule has 1 aromatic carbocycles. The smallest absolute Gasteiger partial charge is 0.352 e. The van der Waals surface area contributed by atoms with Crippen LogP contribution in [0.25, 0.3) is 0 Å². The maximum Gasteiger partial charge on any atom is 0.416 e. The molecule has 1 saturated carbocycles. The number of aromatic nitrogens is 1. The average Bonchev–Trinajstić information content (AvgIpc) is 3.34. The van der Waals surface area contributed by atoms with Gasteiger partial charge in [-0.25, -0.2) is 0 Å². The fraction of sp³-hybridized carbons (Fsp3) is 0.333. The molecule has 0 spiro atoms. The van der Waals surface area contributed by atoms with Crippen molar-refractivity contribution in [1.82, 2.24) is 10.3 Å². The quantitative estimate of drug-likeness (QED) is 0.923. The molecule has 2 aromatic rings. The highest BCUT2D eigenvalue weighted by molar-refractivity contribution is 5.82. The van der Waals surface area contributed by atoms with Crippen LogP contribution in [-0.4, -0.2) is 10.9 Å². The van der Waals surface area contributed by atoms with E-state index in [0.29, 0.717) is 18.5 Å². The molecule has 0 unspecified atom stereocenters. The van der Waals surface area contributed by atoms with Gasteiger partial charge in [-0.15, -0.1) is 0 Å². The molecule has 1 amide bonds. The maximum atomic E-state index is 12.8. The number of benzene rings is 1. The standard InChI is InChI=1S/C18H17F3N2O/c1-11-5-6-12(9-22-11)10-23-17(24)16-8-15(16)13-3-2-4-14(7-13)18(19,20)21/h2-7,9,15-16H,8,10H2,1H3,(H,23,24)/t15-,16+/m0/s1. The molecular formula is C18H17F3N2O. The summed E-state index contributed by atoms with van der Waals surface area (Å²) in [5.41, 5.74) is 1.70. The zero-order chi connectivity index (χ0) is 17.3. The predicted molar refractivity (Wildman–Crippen MR) is 83.1 cm³/mol. The number of rotatable bonds is 4. The van der Waals surface area contributed by atoms with Crippen molar-refractivity contribution in [1.29, 1.82) is 0 Å². The Kier molecular flexibility index (Phi) is 4.30. The third-order valence-electron chi connectivity index (χ3n) is 4.21. The minimum atomic E-state index is -4.36. The number of carbonyl (C=O) groups is 1. The Balaban J connectivity index is 1.58. The second-order valence-corrected chi connectivity index (χ2v) is 6.10. The first-order valence-electron chi connectivity index (χ1n) is 7.71. The first kappa shape index (κ1) is 16.5. The Morgan fingerprint density at radius 3 is 2.75 bits per heavy atom. The summed E-state index contributed by atoms with van der Waals surface area (Å²) in [5.74, 6) is -0.520. The summed E-state index contributed by atoms with van der Waals surface area (Å²) < 4.78 is 38.3. The second-order valence-electron chi connectivity index (χ2n) is 6.10. The number of aryl methyl sites for hydroxylation is 1. The van der Waals surface area contributed by atoms with Crippen LogP contribution in [0.1, 0.15) is 34.7 Å². The highest BCUT2D eigenvalue weighted by atomic mass is 19.4. The number of nitrogens with zero attached hydrogens (tertiary/aromatic N) is 1. The highest BCUT2D eigenvalue weighted by Crippen LogP contribution is 2.48. The van der Waals surface area contributed by atoms with E-state index < -0.39 is 11.7 Å². The van der Waals surface area contributed by atoms with Crippen LogP contribution in [0.4, 0.5) is 13.2 Å². The molecule has 1 heterocycles. The van der Waals surface area contributed by atoms with Gasteiger partial charge < -0.3 is 5.32 Å². The van der Waals surface area contributed by atoms with Crippen molar-refractivity contribution in [2.45, 2.75) is 32.0 Å². The molecule has 3 nitrogen and oxygen atoms in total. The van der Waals surface area contributed by atoms with Crippen LogP contribution in [-0.2, 0) is 17.5 Å². The van der Waals surface area contributed by atoms with Gasteiger partial charge in [-0.3, -0.25) is 9.78 Å². The average molecular weight is 334 g/mol. The largest absolute Gasteiger partial charge is 0.416 e. The molecule has 0 bridgehead atoms. The molecular weight excluding hydrogens is 317 g/mol. The molecule has 2 atom stereocenters. The summed E-state index contributed by atoms with van der Waals surface area (Å²) in [4.78, 5) is 16.3. The zero-order valence-electron chi connectivity index (χ0n) is 13.1. The van der Waals surface area contributed by atoms with Gasteiger partial charge in [0.1, 0.15) is 0 Å². The summed E-state index contributed by atoms with van der Waals surface area (Å²) in [7, 11) is 0. The van der Waals surface area contributed by atoms with Crippen LogP contribution in [0.5, 0.6) is 0 Å². The van der Waals surface area contributed by atoms with Crippen LogP contribution in [0.2, 0.25) is 0 Å². The van der Waals surface area contributed by atoms with Gasteiger partial charge >= 0.3 is 6.18 Å². The van der Waals surface area contributed by atoms with Crippen molar-refractivity contribution in [3.8, 4) is 0 Å². The zero-order valence-corrected chi connectivity index (χ0v) is 13.1. The van der Waals surface area contributed by atoms with E-state index in [1.165, 1.54) is 6.07 Å². The van der Waals surface area contributed by atoms with Crippen LogP contribution >= 0.6 is 0 Å². The molecule has 1 fully saturated rings. The Labute approximate surface area is 137 Å². The Morgan fingerprint density at radius 2 is 2.08 bits per heavy atom. The molecule has 1 aliphatic rings. The van der Waals surface area contributed by atoms with Gasteiger partial charge in [0.15, 0.2) is 0 Å². The third kappa shape index (κ3) is 3.75. The summed E-state index contributed by atoms with van der Waals surface area (Å²) in [5, 5.41) is 2.82. The molecule has 1 aliphatic carbocycles. The monoisotopic (exact) mass is 334 g/mol. The van der Waals surface area contributed by atoms with E-state index in [2.05, 4.69) is 10.3 Å². The Hall–Kier alpha value is -2.37. The SMILES string of the molecule is Cc1ccc(CNC(=O)[C@@H]2C[C@H]2c2cccc(C(F)(F)F)c2)cn1. The summed E-state index contributed by atoms with van der Waals surface area (Å²) in [6, 6.07) is 8.98. The molecule has 126 valence electrons. The maximum absolute atomic E-state index is 12.8. The van der Waals surface area contributed by atoms with Crippen molar-refractivity contribution < 1.29 is 18.0 Å². The number of alkyl halides is 3. The molecule has 0 saturated heterocycles. The predicted octanol–water partition coefficient (Wildman–Crippen LogP) is 3.83. The molecule has 24 heavy (non-hydrogen) atoms. The molecule has 1 N–H and O–H groups in total. The first-order valence-corrected chi connectivity index (χ1v) is 7.71. The fourth-order valence-electron chi connectivity index (χ4n) is 2.72. The van der Waals surface area contributed by atoms with E-state index in [4.69, 9.17) is 0 Å². The number of pyridine rings is 1. The number of carbonyl (C=O) groups excluding carboxylic acids is 1. The molecule has 3 rings (SSSR count). The number of halogens is 3. The minimum Gasteiger partial charge on any atom is -0.352 e. The second kappa shape index (κ2) is 6.26. The number of nitrogens with one attached hydrogen (secondary N) is 1. The van der Waals surface area contributed by atoms with E-state index >= 15 is 0 Å². The van der Waals surface area contributed by atoms with Crippen molar-refractivity contribution in [2.75, 3.05) is 0 Å². The lowest BCUT2D eigenvalue weighted by Gasteiger charge is -2.09. The normalized spacial score (nSPS) is 19.8. The van der Waals surface area contributed by atoms with E-state index in [9.17, 15) is 18.0 Å². The van der Waals surface area contributed by atoms with Crippen LogP contribution < -0.4 is 5.32 Å². The first-order chi connectivity index (χ1) is 11.3. The summed E-state index contributed by atoms with van der Waals surface area (Å²) in [6.45, 7) is 2.25. The number of hydrogen-bond acceptors (Lipinski definition) is 2. The number of amides is 1. The minimum absolute atomic E-state index is 0.127. The van der Waals surface area contributed by atoms with E-state index in [-0.39, 0.29) is 17.7 Å². The van der Waals surface area contributed by atoms with Gasteiger partial charge in [0, 0.05) is 24.4 Å². The van der Waals surface area contributed by atoms with Crippen LogP contribution in [0.15, 0.2) is 42.6 Å². The number of hydrogen-bond donors (Lipinski definition) is 1. The van der Waals surface area contributed by atoms with Crippen molar-refractivity contribution in [2.24, 2.45) is 5.92 Å². The lowest BCUT2D eigenvalue weighted by atomic mass is 10.1. The van der Waals surface area contributed by atoms with E-state index in [0.717, 1.165) is 23.4 Å². The van der Waals surface area contributed by atoms with Crippen molar-refractivity contribution in [3.63, 3.8) is 0 Å². The van der Waals surface area contributed by atoms with Gasteiger partial charge in [-0.2, -0.15) is 13.2 Å². The van der Waals surface area contributed by atoms with Gasteiger partial charge in [-0.1, -0.05) is 24.3 Å².